The van der Waals surface area contributed by atoms with Gasteiger partial charge in [0.15, 0.2) is 0 Å². The van der Waals surface area contributed by atoms with Crippen LogP contribution < -0.4 is 0 Å². The number of nitriles is 1. The lowest BCUT2D eigenvalue weighted by Gasteiger charge is -2.40. The monoisotopic (exact) mass is 214 g/mol. The topological polar surface area (TPSA) is 27.0 Å². The maximum atomic E-state index is 9.55. The molecule has 16 heavy (non-hydrogen) atoms. The van der Waals surface area contributed by atoms with Crippen LogP contribution in [0.4, 0.5) is 0 Å². The van der Waals surface area contributed by atoms with Gasteiger partial charge in [-0.2, -0.15) is 5.26 Å². The molecule has 0 aliphatic heterocycles. The zero-order chi connectivity index (χ0) is 11.8. The lowest BCUT2D eigenvalue weighted by molar-refractivity contribution is 0.183. The van der Waals surface area contributed by atoms with Gasteiger partial charge in [0.2, 0.25) is 0 Å². The summed E-state index contributed by atoms with van der Waals surface area (Å²) in [6.07, 6.45) is 2.01. The lowest BCUT2D eigenvalue weighted by Crippen LogP contribution is -2.43. The molecule has 0 radical (unpaired) electrons. The molecule has 2 rings (SSSR count). The van der Waals surface area contributed by atoms with Crippen molar-refractivity contribution in [3.63, 3.8) is 0 Å². The average molecular weight is 214 g/mol. The van der Waals surface area contributed by atoms with Crippen LogP contribution in [0.15, 0.2) is 24.3 Å². The van der Waals surface area contributed by atoms with E-state index in [4.69, 9.17) is 0 Å². The summed E-state index contributed by atoms with van der Waals surface area (Å²) in [5.41, 5.74) is 2.11. The third-order valence-electron chi connectivity index (χ3n) is 3.82. The normalized spacial score (nSPS) is 28.6. The van der Waals surface area contributed by atoms with E-state index in [-0.39, 0.29) is 0 Å². The average Bonchev–Trinajstić information content (AvgIpc) is 2.30. The van der Waals surface area contributed by atoms with E-state index in [1.165, 1.54) is 11.1 Å². The first-order valence-electron chi connectivity index (χ1n) is 5.80. The Morgan fingerprint density at radius 1 is 1.38 bits per heavy atom. The van der Waals surface area contributed by atoms with Crippen molar-refractivity contribution in [3.05, 3.63) is 35.4 Å². The lowest BCUT2D eigenvalue weighted by atomic mass is 9.72. The van der Waals surface area contributed by atoms with Crippen molar-refractivity contribution >= 4 is 0 Å². The van der Waals surface area contributed by atoms with Crippen LogP contribution in [0.1, 0.15) is 36.8 Å². The van der Waals surface area contributed by atoms with Crippen molar-refractivity contribution in [2.24, 2.45) is 0 Å². The van der Waals surface area contributed by atoms with E-state index >= 15 is 0 Å². The van der Waals surface area contributed by atoms with Crippen molar-refractivity contribution in [2.45, 2.75) is 31.2 Å². The molecule has 2 heteroatoms. The number of benzene rings is 1. The van der Waals surface area contributed by atoms with Crippen LogP contribution >= 0.6 is 0 Å². The van der Waals surface area contributed by atoms with Gasteiger partial charge in [0, 0.05) is 0 Å². The van der Waals surface area contributed by atoms with Crippen LogP contribution in [0.5, 0.6) is 0 Å². The zero-order valence-corrected chi connectivity index (χ0v) is 10.2. The molecule has 1 aliphatic rings. The summed E-state index contributed by atoms with van der Waals surface area (Å²) < 4.78 is 0. The molecule has 0 N–H and O–H groups in total. The maximum Gasteiger partial charge on any atom is 0.134 e. The predicted octanol–water partition coefficient (Wildman–Crippen LogP) is 2.86. The minimum atomic E-state index is -0.427. The van der Waals surface area contributed by atoms with Gasteiger partial charge in [0.05, 0.1) is 6.07 Å². The van der Waals surface area contributed by atoms with Crippen molar-refractivity contribution in [3.8, 4) is 6.07 Å². The first-order chi connectivity index (χ1) is 7.62. The first-order valence-corrected chi connectivity index (χ1v) is 5.80. The summed E-state index contributed by atoms with van der Waals surface area (Å²) in [6.45, 7) is 2.25. The van der Waals surface area contributed by atoms with Gasteiger partial charge in [0.1, 0.15) is 5.54 Å². The summed E-state index contributed by atoms with van der Waals surface area (Å²) in [5, 5.41) is 9.55. The van der Waals surface area contributed by atoms with E-state index in [9.17, 15) is 5.26 Å². The molecule has 0 aromatic heterocycles. The van der Waals surface area contributed by atoms with Crippen molar-refractivity contribution < 1.29 is 0 Å². The minimum absolute atomic E-state index is 0.427. The molecule has 0 amide bonds. The Bertz CT molecular complexity index is 431. The van der Waals surface area contributed by atoms with Crippen LogP contribution in [0, 0.1) is 11.3 Å². The van der Waals surface area contributed by atoms with Gasteiger partial charge < -0.3 is 0 Å². The zero-order valence-electron chi connectivity index (χ0n) is 10.2. The molecule has 0 saturated carbocycles. The fourth-order valence-corrected chi connectivity index (χ4v) is 2.70. The number of fused-ring (bicyclic) bond motifs is 1. The van der Waals surface area contributed by atoms with Gasteiger partial charge in [-0.3, -0.25) is 4.90 Å². The summed E-state index contributed by atoms with van der Waals surface area (Å²) in [7, 11) is 3.99. The summed E-state index contributed by atoms with van der Waals surface area (Å²) in [5.74, 6) is 0.567. The first kappa shape index (κ1) is 11.2. The van der Waals surface area contributed by atoms with Crippen LogP contribution in [0.3, 0.4) is 0 Å². The molecule has 1 aliphatic carbocycles. The van der Waals surface area contributed by atoms with Crippen LogP contribution in [0.2, 0.25) is 0 Å². The molecule has 2 atom stereocenters. The number of hydrogen-bond acceptors (Lipinski definition) is 2. The SMILES string of the molecule is CC1CCC(C#N)(N(C)C)c2ccccc21. The molecule has 84 valence electrons. The van der Waals surface area contributed by atoms with Crippen LogP contribution in [-0.4, -0.2) is 19.0 Å². The highest BCUT2D eigenvalue weighted by atomic mass is 15.1. The van der Waals surface area contributed by atoms with Gasteiger partial charge in [0.25, 0.3) is 0 Å². The Labute approximate surface area is 97.5 Å². The molecule has 0 saturated heterocycles. The Morgan fingerprint density at radius 3 is 2.69 bits per heavy atom. The Morgan fingerprint density at radius 2 is 2.06 bits per heavy atom. The van der Waals surface area contributed by atoms with Gasteiger partial charge >= 0.3 is 0 Å². The molecule has 2 unspecified atom stereocenters. The molecular weight excluding hydrogens is 196 g/mol. The van der Waals surface area contributed by atoms with E-state index in [1.807, 2.05) is 20.2 Å². The Hall–Kier alpha value is -1.33. The van der Waals surface area contributed by atoms with Gasteiger partial charge in [-0.1, -0.05) is 31.2 Å². The number of hydrogen-bond donors (Lipinski definition) is 0. The van der Waals surface area contributed by atoms with Gasteiger partial charge in [-0.05, 0) is 44.0 Å². The highest BCUT2D eigenvalue weighted by Crippen LogP contribution is 2.43. The quantitative estimate of drug-likeness (QED) is 0.718. The highest BCUT2D eigenvalue weighted by Gasteiger charge is 2.40. The van der Waals surface area contributed by atoms with E-state index < -0.39 is 5.54 Å². The van der Waals surface area contributed by atoms with Crippen LogP contribution in [0.25, 0.3) is 0 Å². The smallest absolute Gasteiger partial charge is 0.134 e. The van der Waals surface area contributed by atoms with E-state index in [0.29, 0.717) is 5.92 Å². The fraction of sp³-hybridized carbons (Fsp3) is 0.500. The largest absolute Gasteiger partial charge is 0.288 e. The third-order valence-corrected chi connectivity index (χ3v) is 3.82. The predicted molar refractivity (Wildman–Crippen MR) is 65.1 cm³/mol. The Balaban J connectivity index is 2.62. The minimum Gasteiger partial charge on any atom is -0.288 e. The fourth-order valence-electron chi connectivity index (χ4n) is 2.70. The van der Waals surface area contributed by atoms with E-state index in [0.717, 1.165) is 12.8 Å². The maximum absolute atomic E-state index is 9.55. The highest BCUT2D eigenvalue weighted by molar-refractivity contribution is 5.42. The van der Waals surface area contributed by atoms with E-state index in [1.54, 1.807) is 0 Å². The van der Waals surface area contributed by atoms with Crippen molar-refractivity contribution in [1.82, 2.24) is 4.90 Å². The molecule has 0 fully saturated rings. The van der Waals surface area contributed by atoms with Crippen LogP contribution in [-0.2, 0) is 5.54 Å². The summed E-state index contributed by atoms with van der Waals surface area (Å²) in [4.78, 5) is 2.05. The standard InChI is InChI=1S/C14H18N2/c1-11-8-9-14(10-15,16(2)3)13-7-5-4-6-12(11)13/h4-7,11H,8-9H2,1-3H3. The molecule has 2 nitrogen and oxygen atoms in total. The summed E-state index contributed by atoms with van der Waals surface area (Å²) >= 11 is 0. The summed E-state index contributed by atoms with van der Waals surface area (Å²) in [6, 6.07) is 10.9. The number of rotatable bonds is 1. The molecule has 0 spiro atoms. The van der Waals surface area contributed by atoms with Gasteiger partial charge in [-0.15, -0.1) is 0 Å². The molecule has 0 heterocycles. The second-order valence-electron chi connectivity index (χ2n) is 4.89. The van der Waals surface area contributed by atoms with E-state index in [2.05, 4.69) is 36.1 Å². The number of nitrogens with zero attached hydrogens (tertiary/aromatic N) is 2. The second kappa shape index (κ2) is 3.92. The molecule has 0 bridgehead atoms. The van der Waals surface area contributed by atoms with Crippen molar-refractivity contribution in [2.75, 3.05) is 14.1 Å². The second-order valence-corrected chi connectivity index (χ2v) is 4.89. The van der Waals surface area contributed by atoms with Gasteiger partial charge in [-0.25, -0.2) is 0 Å². The molecule has 1 aromatic carbocycles. The molecular formula is C14H18N2. The third kappa shape index (κ3) is 1.44. The van der Waals surface area contributed by atoms with Crippen molar-refractivity contribution in [1.29, 1.82) is 5.26 Å². The molecule has 1 aromatic rings. The Kier molecular flexibility index (Phi) is 2.73.